The van der Waals surface area contributed by atoms with Crippen LogP contribution in [0.3, 0.4) is 0 Å². The van der Waals surface area contributed by atoms with E-state index >= 15 is 0 Å². The third-order valence-corrected chi connectivity index (χ3v) is 5.10. The molecular formula is C22H26F2N4O. The van der Waals surface area contributed by atoms with E-state index in [-0.39, 0.29) is 18.4 Å². The van der Waals surface area contributed by atoms with Gasteiger partial charge >= 0.3 is 0 Å². The molecule has 1 N–H and O–H groups in total. The highest BCUT2D eigenvalue weighted by Crippen LogP contribution is 2.35. The molecule has 0 saturated carbocycles. The molecule has 29 heavy (non-hydrogen) atoms. The summed E-state index contributed by atoms with van der Waals surface area (Å²) in [6.45, 7) is 7.53. The molecule has 2 aromatic heterocycles. The van der Waals surface area contributed by atoms with E-state index in [0.29, 0.717) is 22.6 Å². The number of likely N-dealkylation sites (N-methyl/N-ethyl adjacent to an activating group) is 1. The number of halogens is 2. The van der Waals surface area contributed by atoms with Gasteiger partial charge in [-0.05, 0) is 43.5 Å². The van der Waals surface area contributed by atoms with Gasteiger partial charge in [-0.25, -0.2) is 13.8 Å². The Morgan fingerprint density at radius 1 is 1.24 bits per heavy atom. The minimum absolute atomic E-state index is 0.0181. The lowest BCUT2D eigenvalue weighted by Gasteiger charge is -2.19. The van der Waals surface area contributed by atoms with Crippen LogP contribution in [-0.4, -0.2) is 34.5 Å². The zero-order valence-corrected chi connectivity index (χ0v) is 17.6. The maximum absolute atomic E-state index is 14.5. The van der Waals surface area contributed by atoms with Crippen molar-refractivity contribution in [2.45, 2.75) is 40.2 Å². The van der Waals surface area contributed by atoms with Crippen LogP contribution in [0.2, 0.25) is 0 Å². The standard InChI is InChI=1S/C22H26F2N4O/c1-12(2)19-20(24)16(23)9-13(3)21(19)26-22-15-10-14(4)28(11-18(29)27(5)6)17(15)7-8-25-22/h7-10,12H,11H2,1-6H3,(H,25,26). The highest BCUT2D eigenvalue weighted by Gasteiger charge is 2.21. The van der Waals surface area contributed by atoms with E-state index in [0.717, 1.165) is 16.6 Å². The highest BCUT2D eigenvalue weighted by molar-refractivity contribution is 5.94. The summed E-state index contributed by atoms with van der Waals surface area (Å²) in [5.41, 5.74) is 3.18. The Bertz CT molecular complexity index is 1090. The molecule has 3 rings (SSSR count). The fourth-order valence-electron chi connectivity index (χ4n) is 3.51. The lowest BCUT2D eigenvalue weighted by molar-refractivity contribution is -0.129. The molecule has 0 atom stereocenters. The van der Waals surface area contributed by atoms with Crippen molar-refractivity contribution in [1.82, 2.24) is 14.5 Å². The number of fused-ring (bicyclic) bond motifs is 1. The number of nitrogens with one attached hydrogen (secondary N) is 1. The second-order valence-corrected chi connectivity index (χ2v) is 7.81. The molecule has 0 radical (unpaired) electrons. The molecule has 0 spiro atoms. The second kappa shape index (κ2) is 7.81. The summed E-state index contributed by atoms with van der Waals surface area (Å²) in [5, 5.41) is 4.04. The van der Waals surface area contributed by atoms with Gasteiger partial charge in [-0.3, -0.25) is 4.79 Å². The van der Waals surface area contributed by atoms with Gasteiger partial charge in [0.05, 0.1) is 5.52 Å². The summed E-state index contributed by atoms with van der Waals surface area (Å²) in [6, 6.07) is 4.98. The van der Waals surface area contributed by atoms with Crippen LogP contribution in [0.4, 0.5) is 20.3 Å². The SMILES string of the molecule is Cc1cc(F)c(F)c(C(C)C)c1Nc1nccc2c1cc(C)n2CC(=O)N(C)C. The first-order chi connectivity index (χ1) is 13.6. The Balaban J connectivity index is 2.12. The molecule has 7 heteroatoms. The van der Waals surface area contributed by atoms with E-state index < -0.39 is 11.6 Å². The van der Waals surface area contributed by atoms with Crippen LogP contribution in [0.5, 0.6) is 0 Å². The summed E-state index contributed by atoms with van der Waals surface area (Å²) in [4.78, 5) is 18.2. The summed E-state index contributed by atoms with van der Waals surface area (Å²) >= 11 is 0. The maximum Gasteiger partial charge on any atom is 0.241 e. The maximum atomic E-state index is 14.5. The smallest absolute Gasteiger partial charge is 0.241 e. The number of hydrogen-bond donors (Lipinski definition) is 1. The number of pyridine rings is 1. The van der Waals surface area contributed by atoms with Crippen molar-refractivity contribution in [2.24, 2.45) is 0 Å². The van der Waals surface area contributed by atoms with Crippen LogP contribution >= 0.6 is 0 Å². The van der Waals surface area contributed by atoms with E-state index in [4.69, 9.17) is 0 Å². The molecule has 1 amide bonds. The van der Waals surface area contributed by atoms with Crippen molar-refractivity contribution in [2.75, 3.05) is 19.4 Å². The zero-order valence-electron chi connectivity index (χ0n) is 17.6. The first kappa shape index (κ1) is 20.8. The van der Waals surface area contributed by atoms with E-state index in [1.807, 2.05) is 37.5 Å². The van der Waals surface area contributed by atoms with Gasteiger partial charge in [-0.15, -0.1) is 0 Å². The fourth-order valence-corrected chi connectivity index (χ4v) is 3.51. The van der Waals surface area contributed by atoms with Crippen LogP contribution in [0, 0.1) is 25.5 Å². The van der Waals surface area contributed by atoms with Gasteiger partial charge in [0.2, 0.25) is 5.91 Å². The van der Waals surface area contributed by atoms with E-state index in [9.17, 15) is 13.6 Å². The van der Waals surface area contributed by atoms with Crippen LogP contribution < -0.4 is 5.32 Å². The summed E-state index contributed by atoms with van der Waals surface area (Å²) < 4.78 is 30.4. The Morgan fingerprint density at radius 3 is 2.55 bits per heavy atom. The first-order valence-corrected chi connectivity index (χ1v) is 9.52. The average Bonchev–Trinajstić information content (AvgIpc) is 2.96. The number of carbonyl (C=O) groups is 1. The molecule has 3 aromatic rings. The highest BCUT2D eigenvalue weighted by atomic mass is 19.2. The monoisotopic (exact) mass is 400 g/mol. The van der Waals surface area contributed by atoms with Crippen molar-refractivity contribution in [3.63, 3.8) is 0 Å². The number of hydrogen-bond acceptors (Lipinski definition) is 3. The van der Waals surface area contributed by atoms with E-state index in [1.54, 1.807) is 32.1 Å². The Hall–Kier alpha value is -2.96. The topological polar surface area (TPSA) is 50.2 Å². The number of carbonyl (C=O) groups excluding carboxylic acids is 1. The van der Waals surface area contributed by atoms with Crippen LogP contribution in [0.15, 0.2) is 24.4 Å². The van der Waals surface area contributed by atoms with Crippen molar-refractivity contribution < 1.29 is 13.6 Å². The fraction of sp³-hybridized carbons (Fsp3) is 0.364. The molecule has 0 aliphatic carbocycles. The average molecular weight is 400 g/mol. The molecule has 0 saturated heterocycles. The van der Waals surface area contributed by atoms with Crippen molar-refractivity contribution in [3.05, 3.63) is 52.9 Å². The second-order valence-electron chi connectivity index (χ2n) is 7.81. The third-order valence-electron chi connectivity index (χ3n) is 5.10. The van der Waals surface area contributed by atoms with Crippen molar-refractivity contribution >= 4 is 28.3 Å². The number of amides is 1. The Kier molecular flexibility index (Phi) is 5.59. The molecule has 0 aliphatic rings. The van der Waals surface area contributed by atoms with Gasteiger partial charge in [-0.1, -0.05) is 13.8 Å². The van der Waals surface area contributed by atoms with Crippen LogP contribution in [0.25, 0.3) is 10.9 Å². The molecule has 0 fully saturated rings. The predicted molar refractivity (Wildman–Crippen MR) is 112 cm³/mol. The molecule has 2 heterocycles. The lowest BCUT2D eigenvalue weighted by atomic mass is 9.97. The summed E-state index contributed by atoms with van der Waals surface area (Å²) in [6.07, 6.45) is 1.64. The number of aromatic nitrogens is 2. The first-order valence-electron chi connectivity index (χ1n) is 9.52. The normalized spacial score (nSPS) is 11.3. The van der Waals surface area contributed by atoms with E-state index in [1.165, 1.54) is 6.07 Å². The molecular weight excluding hydrogens is 374 g/mol. The van der Waals surface area contributed by atoms with Crippen molar-refractivity contribution in [3.8, 4) is 0 Å². The van der Waals surface area contributed by atoms with Crippen LogP contribution in [0.1, 0.15) is 36.6 Å². The number of benzene rings is 1. The molecule has 154 valence electrons. The minimum Gasteiger partial charge on any atom is -0.347 e. The van der Waals surface area contributed by atoms with Gasteiger partial charge in [0.1, 0.15) is 12.4 Å². The summed E-state index contributed by atoms with van der Waals surface area (Å²) in [7, 11) is 3.44. The minimum atomic E-state index is -0.855. The molecule has 5 nitrogen and oxygen atoms in total. The quantitative estimate of drug-likeness (QED) is 0.664. The number of rotatable bonds is 5. The number of aryl methyl sites for hydroxylation is 2. The summed E-state index contributed by atoms with van der Waals surface area (Å²) in [5.74, 6) is -1.39. The lowest BCUT2D eigenvalue weighted by Crippen LogP contribution is -2.26. The molecule has 1 aromatic carbocycles. The Labute approximate surface area is 169 Å². The zero-order chi connectivity index (χ0) is 21.5. The van der Waals surface area contributed by atoms with Crippen LogP contribution in [-0.2, 0) is 11.3 Å². The Morgan fingerprint density at radius 2 is 1.93 bits per heavy atom. The van der Waals surface area contributed by atoms with Gasteiger partial charge in [0.15, 0.2) is 11.6 Å². The molecule has 0 aliphatic heterocycles. The molecule has 0 unspecified atom stereocenters. The number of anilines is 2. The van der Waals surface area contributed by atoms with Gasteiger partial charge in [0, 0.05) is 42.6 Å². The number of nitrogens with zero attached hydrogens (tertiary/aromatic N) is 3. The largest absolute Gasteiger partial charge is 0.347 e. The third kappa shape index (κ3) is 3.81. The van der Waals surface area contributed by atoms with Crippen molar-refractivity contribution in [1.29, 1.82) is 0 Å². The molecule has 0 bridgehead atoms. The van der Waals surface area contributed by atoms with Gasteiger partial charge in [0.25, 0.3) is 0 Å². The van der Waals surface area contributed by atoms with Gasteiger partial charge < -0.3 is 14.8 Å². The predicted octanol–water partition coefficient (Wildman–Crippen LogP) is 4.89. The van der Waals surface area contributed by atoms with E-state index in [2.05, 4.69) is 10.3 Å². The van der Waals surface area contributed by atoms with Gasteiger partial charge in [-0.2, -0.15) is 0 Å².